The number of hydrogen-bond acceptors (Lipinski definition) is 3. The van der Waals surface area contributed by atoms with Crippen molar-refractivity contribution in [1.29, 1.82) is 0 Å². The molecule has 0 spiro atoms. The molecule has 4 rings (SSSR count). The highest BCUT2D eigenvalue weighted by Crippen LogP contribution is 2.48. The van der Waals surface area contributed by atoms with Gasteiger partial charge >= 0.3 is 0 Å². The lowest BCUT2D eigenvalue weighted by Gasteiger charge is -2.35. The Morgan fingerprint density at radius 2 is 1.66 bits per heavy atom. The molecule has 152 valence electrons. The first-order chi connectivity index (χ1) is 14.0. The topological polar surface area (TPSA) is 49.9 Å². The van der Waals surface area contributed by atoms with Crippen LogP contribution in [-0.4, -0.2) is 54.4 Å². The number of hydrogen-bond donors (Lipinski definition) is 0. The van der Waals surface area contributed by atoms with Crippen molar-refractivity contribution in [2.75, 3.05) is 32.8 Å². The van der Waals surface area contributed by atoms with E-state index in [9.17, 15) is 9.59 Å². The van der Waals surface area contributed by atoms with Crippen LogP contribution in [0, 0.1) is 5.92 Å². The van der Waals surface area contributed by atoms with E-state index in [0.717, 1.165) is 6.42 Å². The Kier molecular flexibility index (Phi) is 5.97. The van der Waals surface area contributed by atoms with Crippen molar-refractivity contribution in [2.45, 2.75) is 12.3 Å². The normalized spacial score (nSPS) is 21.0. The number of nitrogens with zero attached hydrogens (tertiary/aromatic N) is 2. The first-order valence-corrected chi connectivity index (χ1v) is 10.5. The van der Waals surface area contributed by atoms with E-state index in [1.807, 2.05) is 23.1 Å². The molecule has 1 aliphatic carbocycles. The van der Waals surface area contributed by atoms with Gasteiger partial charge in [0.1, 0.15) is 5.75 Å². The van der Waals surface area contributed by atoms with E-state index in [1.54, 1.807) is 23.1 Å². The maximum Gasteiger partial charge on any atom is 0.260 e. The molecule has 2 aromatic rings. The van der Waals surface area contributed by atoms with Gasteiger partial charge in [-0.2, -0.15) is 0 Å². The summed E-state index contributed by atoms with van der Waals surface area (Å²) in [5.74, 6) is 0.932. The summed E-state index contributed by atoms with van der Waals surface area (Å²) in [5, 5.41) is 0.887. The molecule has 2 atom stereocenters. The maximum absolute atomic E-state index is 12.8. The maximum atomic E-state index is 12.8. The number of ether oxygens (including phenoxy) is 1. The Labute approximate surface area is 180 Å². The molecule has 0 N–H and O–H groups in total. The van der Waals surface area contributed by atoms with Crippen LogP contribution in [0.5, 0.6) is 5.75 Å². The number of carbonyl (C=O) groups excluding carboxylic acids is 2. The summed E-state index contributed by atoms with van der Waals surface area (Å²) >= 11 is 11.9. The van der Waals surface area contributed by atoms with Crippen LogP contribution in [0.1, 0.15) is 17.9 Å². The fourth-order valence-corrected chi connectivity index (χ4v) is 4.23. The van der Waals surface area contributed by atoms with Gasteiger partial charge in [-0.3, -0.25) is 9.59 Å². The van der Waals surface area contributed by atoms with E-state index in [2.05, 4.69) is 12.1 Å². The van der Waals surface area contributed by atoms with Crippen LogP contribution in [-0.2, 0) is 9.59 Å². The highest BCUT2D eigenvalue weighted by Gasteiger charge is 2.46. The molecule has 2 aromatic carbocycles. The van der Waals surface area contributed by atoms with E-state index in [4.69, 9.17) is 27.9 Å². The van der Waals surface area contributed by atoms with Gasteiger partial charge in [0.2, 0.25) is 5.91 Å². The molecule has 2 aliphatic rings. The molecule has 1 saturated carbocycles. The molecule has 0 bridgehead atoms. The van der Waals surface area contributed by atoms with Gasteiger partial charge in [0.15, 0.2) is 6.61 Å². The summed E-state index contributed by atoms with van der Waals surface area (Å²) in [6.07, 6.45) is 0.914. The number of amides is 2. The number of benzene rings is 2. The molecule has 7 heteroatoms. The van der Waals surface area contributed by atoms with Crippen molar-refractivity contribution in [3.05, 3.63) is 64.1 Å². The third-order valence-corrected chi connectivity index (χ3v) is 6.05. The predicted octanol–water partition coefficient (Wildman–Crippen LogP) is 3.85. The van der Waals surface area contributed by atoms with Crippen LogP contribution in [0.2, 0.25) is 10.0 Å². The van der Waals surface area contributed by atoms with Crippen LogP contribution >= 0.6 is 23.2 Å². The molecule has 1 aliphatic heterocycles. The minimum absolute atomic E-state index is 0.0787. The van der Waals surface area contributed by atoms with Crippen molar-refractivity contribution in [3.8, 4) is 5.75 Å². The first-order valence-electron chi connectivity index (χ1n) is 9.72. The highest BCUT2D eigenvalue weighted by atomic mass is 35.5. The van der Waals surface area contributed by atoms with Crippen LogP contribution in [0.25, 0.3) is 0 Å². The number of carbonyl (C=O) groups is 2. The van der Waals surface area contributed by atoms with E-state index in [-0.39, 0.29) is 24.3 Å². The first kappa shape index (κ1) is 20.0. The van der Waals surface area contributed by atoms with Gasteiger partial charge in [0, 0.05) is 37.1 Å². The summed E-state index contributed by atoms with van der Waals surface area (Å²) in [7, 11) is 0. The smallest absolute Gasteiger partial charge is 0.260 e. The van der Waals surface area contributed by atoms with E-state index < -0.39 is 0 Å². The van der Waals surface area contributed by atoms with Gasteiger partial charge in [-0.15, -0.1) is 0 Å². The van der Waals surface area contributed by atoms with Crippen molar-refractivity contribution in [1.82, 2.24) is 9.80 Å². The van der Waals surface area contributed by atoms with Gasteiger partial charge in [-0.1, -0.05) is 53.5 Å². The lowest BCUT2D eigenvalue weighted by molar-refractivity contribution is -0.141. The quantitative estimate of drug-likeness (QED) is 0.720. The van der Waals surface area contributed by atoms with Crippen LogP contribution in [0.4, 0.5) is 0 Å². The summed E-state index contributed by atoms with van der Waals surface area (Å²) in [6.45, 7) is 2.07. The minimum Gasteiger partial charge on any atom is -0.482 e. The summed E-state index contributed by atoms with van der Waals surface area (Å²) in [6, 6.07) is 15.1. The van der Waals surface area contributed by atoms with Crippen molar-refractivity contribution < 1.29 is 14.3 Å². The Hall–Kier alpha value is -2.24. The summed E-state index contributed by atoms with van der Waals surface area (Å²) < 4.78 is 5.53. The van der Waals surface area contributed by atoms with Gasteiger partial charge in [0.25, 0.3) is 5.91 Å². The Balaban J connectivity index is 1.24. The van der Waals surface area contributed by atoms with Crippen LogP contribution < -0.4 is 4.74 Å². The second kappa shape index (κ2) is 8.64. The van der Waals surface area contributed by atoms with Gasteiger partial charge in [-0.05, 0) is 36.1 Å². The van der Waals surface area contributed by atoms with Crippen molar-refractivity contribution in [2.24, 2.45) is 5.92 Å². The van der Waals surface area contributed by atoms with E-state index in [1.165, 1.54) is 5.56 Å². The molecule has 2 fully saturated rings. The van der Waals surface area contributed by atoms with Crippen molar-refractivity contribution in [3.63, 3.8) is 0 Å². The highest BCUT2D eigenvalue weighted by molar-refractivity contribution is 6.35. The molecule has 5 nitrogen and oxygen atoms in total. The average Bonchev–Trinajstić information content (AvgIpc) is 3.54. The molecule has 0 aromatic heterocycles. The Morgan fingerprint density at radius 1 is 0.966 bits per heavy atom. The Bertz CT molecular complexity index is 898. The monoisotopic (exact) mass is 432 g/mol. The zero-order valence-corrected chi connectivity index (χ0v) is 17.4. The largest absolute Gasteiger partial charge is 0.482 e. The lowest BCUT2D eigenvalue weighted by Crippen LogP contribution is -2.52. The van der Waals surface area contributed by atoms with E-state index in [0.29, 0.717) is 47.9 Å². The molecule has 0 unspecified atom stereocenters. The van der Waals surface area contributed by atoms with Gasteiger partial charge in [0.05, 0.1) is 5.02 Å². The molecule has 0 radical (unpaired) electrons. The fraction of sp³-hybridized carbons (Fsp3) is 0.364. The second-order valence-corrected chi connectivity index (χ2v) is 8.27. The molecule has 1 heterocycles. The summed E-state index contributed by atoms with van der Waals surface area (Å²) in [4.78, 5) is 28.8. The molecule has 29 heavy (non-hydrogen) atoms. The SMILES string of the molecule is O=C(COc1ccc(Cl)cc1Cl)N1CCN(C(=O)[C@H]2C[C@@H]2c2ccccc2)CC1. The molecule has 1 saturated heterocycles. The fourth-order valence-electron chi connectivity index (χ4n) is 3.77. The minimum atomic E-state index is -0.114. The summed E-state index contributed by atoms with van der Waals surface area (Å²) in [5.41, 5.74) is 1.23. The predicted molar refractivity (Wildman–Crippen MR) is 112 cm³/mol. The van der Waals surface area contributed by atoms with Gasteiger partial charge in [-0.25, -0.2) is 0 Å². The standard InChI is InChI=1S/C22H22Cl2N2O3/c23-16-6-7-20(19(24)12-16)29-14-21(27)25-8-10-26(11-9-25)22(28)18-13-17(18)15-4-2-1-3-5-15/h1-7,12,17-18H,8-11,13-14H2/t17-,18+/m1/s1. The zero-order valence-electron chi connectivity index (χ0n) is 15.9. The van der Waals surface area contributed by atoms with Gasteiger partial charge < -0.3 is 14.5 Å². The molecule has 2 amide bonds. The van der Waals surface area contributed by atoms with Crippen LogP contribution in [0.3, 0.4) is 0 Å². The molecular formula is C22H22Cl2N2O3. The number of rotatable bonds is 5. The van der Waals surface area contributed by atoms with Crippen molar-refractivity contribution >= 4 is 35.0 Å². The third-order valence-electron chi connectivity index (χ3n) is 5.52. The number of piperazine rings is 1. The van der Waals surface area contributed by atoms with E-state index >= 15 is 0 Å². The Morgan fingerprint density at radius 3 is 2.34 bits per heavy atom. The zero-order chi connectivity index (χ0) is 20.4. The third kappa shape index (κ3) is 4.68. The molecular weight excluding hydrogens is 411 g/mol. The number of halogens is 2. The van der Waals surface area contributed by atoms with Crippen LogP contribution in [0.15, 0.2) is 48.5 Å². The lowest BCUT2D eigenvalue weighted by atomic mass is 10.1. The second-order valence-electron chi connectivity index (χ2n) is 7.43. The average molecular weight is 433 g/mol.